The molecule has 6 nitrogen and oxygen atoms in total. The number of aromatic amines is 1. The molecule has 2 aromatic rings. The fraction of sp³-hybridized carbons (Fsp3) is 0.556. The van der Waals surface area contributed by atoms with Crippen molar-refractivity contribution in [1.82, 2.24) is 20.2 Å². The number of H-pyrrole nitrogens is 1. The smallest absolute Gasteiger partial charge is 0.317 e. The maximum Gasteiger partial charge on any atom is 0.317 e. The fourth-order valence-electron chi connectivity index (χ4n) is 3.38. The van der Waals surface area contributed by atoms with Gasteiger partial charge in [-0.05, 0) is 31.4 Å². The van der Waals surface area contributed by atoms with Crippen LogP contribution in [0.15, 0.2) is 24.3 Å². The normalized spacial score (nSPS) is 20.4. The lowest BCUT2D eigenvalue weighted by molar-refractivity contribution is 0.114. The van der Waals surface area contributed by atoms with Crippen molar-refractivity contribution in [2.75, 3.05) is 20.1 Å². The second-order valence-corrected chi connectivity index (χ2v) is 6.67. The van der Waals surface area contributed by atoms with Gasteiger partial charge in [-0.3, -0.25) is 0 Å². The molecule has 1 aliphatic rings. The molecule has 0 aliphatic heterocycles. The van der Waals surface area contributed by atoms with Crippen molar-refractivity contribution in [2.45, 2.75) is 38.2 Å². The first-order chi connectivity index (χ1) is 11.6. The van der Waals surface area contributed by atoms with Crippen LogP contribution in [-0.4, -0.2) is 52.2 Å². The van der Waals surface area contributed by atoms with Crippen LogP contribution in [0.4, 0.5) is 4.79 Å². The summed E-state index contributed by atoms with van der Waals surface area (Å²) in [4.78, 5) is 21.6. The molecule has 130 valence electrons. The largest absolute Gasteiger partial charge is 0.393 e. The molecule has 2 amide bonds. The van der Waals surface area contributed by atoms with E-state index in [2.05, 4.69) is 15.3 Å². The molecule has 24 heavy (non-hydrogen) atoms. The number of carbonyl (C=O) groups is 1. The number of amides is 2. The number of hydrogen-bond acceptors (Lipinski definition) is 3. The number of imidazole rings is 1. The van der Waals surface area contributed by atoms with Gasteiger partial charge in [0, 0.05) is 32.5 Å². The lowest BCUT2D eigenvalue weighted by atomic mass is 10.1. The highest BCUT2D eigenvalue weighted by molar-refractivity contribution is 5.75. The number of nitrogens with one attached hydrogen (secondary N) is 2. The molecule has 0 bridgehead atoms. The van der Waals surface area contributed by atoms with E-state index in [4.69, 9.17) is 0 Å². The van der Waals surface area contributed by atoms with Crippen molar-refractivity contribution in [1.29, 1.82) is 0 Å². The van der Waals surface area contributed by atoms with Crippen LogP contribution in [0.3, 0.4) is 0 Å². The molecule has 1 heterocycles. The minimum atomic E-state index is -0.256. The number of aromatic nitrogens is 2. The number of aliphatic hydroxyl groups is 1. The first kappa shape index (κ1) is 16.8. The van der Waals surface area contributed by atoms with E-state index in [1.165, 1.54) is 0 Å². The number of benzene rings is 1. The van der Waals surface area contributed by atoms with E-state index in [1.807, 2.05) is 24.3 Å². The fourth-order valence-corrected chi connectivity index (χ4v) is 3.38. The highest BCUT2D eigenvalue weighted by Crippen LogP contribution is 2.25. The summed E-state index contributed by atoms with van der Waals surface area (Å²) < 4.78 is 0. The predicted octanol–water partition coefficient (Wildman–Crippen LogP) is 2.30. The number of aliphatic hydroxyl groups excluding tert-OH is 1. The van der Waals surface area contributed by atoms with Crippen LogP contribution in [-0.2, 0) is 6.42 Å². The molecule has 0 radical (unpaired) electrons. The number of para-hydroxylation sites is 2. The minimum absolute atomic E-state index is 0.0706. The van der Waals surface area contributed by atoms with Crippen molar-refractivity contribution in [2.24, 2.45) is 5.92 Å². The number of urea groups is 1. The summed E-state index contributed by atoms with van der Waals surface area (Å²) >= 11 is 0. The third-order valence-corrected chi connectivity index (χ3v) is 4.78. The molecule has 0 spiro atoms. The first-order valence-corrected chi connectivity index (χ1v) is 8.74. The van der Waals surface area contributed by atoms with E-state index >= 15 is 0 Å². The van der Waals surface area contributed by atoms with E-state index in [0.717, 1.165) is 49.0 Å². The summed E-state index contributed by atoms with van der Waals surface area (Å²) in [6.45, 7) is 1.24. The van der Waals surface area contributed by atoms with Gasteiger partial charge in [0.25, 0.3) is 0 Å². The molecule has 3 N–H and O–H groups in total. The van der Waals surface area contributed by atoms with E-state index in [9.17, 15) is 9.90 Å². The van der Waals surface area contributed by atoms with Gasteiger partial charge < -0.3 is 20.3 Å². The second kappa shape index (κ2) is 7.66. The Morgan fingerprint density at radius 1 is 1.42 bits per heavy atom. The van der Waals surface area contributed by atoms with Gasteiger partial charge in [-0.1, -0.05) is 18.6 Å². The van der Waals surface area contributed by atoms with Crippen molar-refractivity contribution >= 4 is 17.1 Å². The summed E-state index contributed by atoms with van der Waals surface area (Å²) in [6.07, 6.45) is 4.31. The van der Waals surface area contributed by atoms with Crippen molar-refractivity contribution in [3.63, 3.8) is 0 Å². The first-order valence-electron chi connectivity index (χ1n) is 8.74. The van der Waals surface area contributed by atoms with E-state index in [-0.39, 0.29) is 18.1 Å². The van der Waals surface area contributed by atoms with Crippen LogP contribution in [0.2, 0.25) is 0 Å². The predicted molar refractivity (Wildman–Crippen MR) is 93.8 cm³/mol. The molecule has 1 aromatic heterocycles. The van der Waals surface area contributed by atoms with Crippen LogP contribution in [0.25, 0.3) is 11.0 Å². The van der Waals surface area contributed by atoms with Crippen LogP contribution in [0.1, 0.15) is 31.5 Å². The van der Waals surface area contributed by atoms with E-state index in [0.29, 0.717) is 13.1 Å². The summed E-state index contributed by atoms with van der Waals surface area (Å²) in [6, 6.07) is 7.90. The Hall–Kier alpha value is -2.08. The standard InChI is InChI=1S/C18H26N4O2/c1-22(12-13-6-4-9-16(13)23)18(24)19-11-5-10-17-20-14-7-2-3-8-15(14)21-17/h2-3,7-8,13,16,23H,4-6,9-12H2,1H3,(H,19,24)(H,20,21). The zero-order chi connectivity index (χ0) is 16.9. The minimum Gasteiger partial charge on any atom is -0.393 e. The molecule has 1 fully saturated rings. The SMILES string of the molecule is CN(CC1CCCC1O)C(=O)NCCCc1nc2ccccc2[nH]1. The number of rotatable bonds is 6. The molecule has 1 aliphatic carbocycles. The third-order valence-electron chi connectivity index (χ3n) is 4.78. The summed E-state index contributed by atoms with van der Waals surface area (Å²) in [7, 11) is 1.79. The van der Waals surface area contributed by atoms with Gasteiger partial charge in [0.2, 0.25) is 0 Å². The Labute approximate surface area is 142 Å². The molecule has 3 rings (SSSR count). The molecular weight excluding hydrogens is 304 g/mol. The average Bonchev–Trinajstić information content (AvgIpc) is 3.17. The molecule has 6 heteroatoms. The quantitative estimate of drug-likeness (QED) is 0.711. The van der Waals surface area contributed by atoms with Crippen molar-refractivity contribution < 1.29 is 9.90 Å². The summed E-state index contributed by atoms with van der Waals surface area (Å²) in [5, 5.41) is 12.8. The summed E-state index contributed by atoms with van der Waals surface area (Å²) in [5.41, 5.74) is 2.03. The highest BCUT2D eigenvalue weighted by atomic mass is 16.3. The average molecular weight is 330 g/mol. The molecule has 1 aromatic carbocycles. The topological polar surface area (TPSA) is 81.2 Å². The monoisotopic (exact) mass is 330 g/mol. The zero-order valence-electron chi connectivity index (χ0n) is 14.2. The van der Waals surface area contributed by atoms with Gasteiger partial charge in [0.15, 0.2) is 0 Å². The maximum atomic E-state index is 12.1. The molecule has 1 saturated carbocycles. The second-order valence-electron chi connectivity index (χ2n) is 6.67. The number of fused-ring (bicyclic) bond motifs is 1. The van der Waals surface area contributed by atoms with Crippen LogP contribution in [0, 0.1) is 5.92 Å². The van der Waals surface area contributed by atoms with E-state index in [1.54, 1.807) is 11.9 Å². The number of hydrogen-bond donors (Lipinski definition) is 3. The van der Waals surface area contributed by atoms with Crippen LogP contribution in [0.5, 0.6) is 0 Å². The lowest BCUT2D eigenvalue weighted by Gasteiger charge is -2.23. The Balaban J connectivity index is 1.38. The Morgan fingerprint density at radius 2 is 2.25 bits per heavy atom. The molecule has 2 unspecified atom stereocenters. The lowest BCUT2D eigenvalue weighted by Crippen LogP contribution is -2.41. The van der Waals surface area contributed by atoms with Gasteiger partial charge in [-0.25, -0.2) is 9.78 Å². The van der Waals surface area contributed by atoms with Gasteiger partial charge >= 0.3 is 6.03 Å². The Bertz CT molecular complexity index is 651. The van der Waals surface area contributed by atoms with E-state index < -0.39 is 0 Å². The molecule has 0 saturated heterocycles. The highest BCUT2D eigenvalue weighted by Gasteiger charge is 2.27. The Morgan fingerprint density at radius 3 is 3.00 bits per heavy atom. The van der Waals surface area contributed by atoms with Gasteiger partial charge in [-0.15, -0.1) is 0 Å². The Kier molecular flexibility index (Phi) is 5.35. The number of carbonyl (C=O) groups excluding carboxylic acids is 1. The molecule has 2 atom stereocenters. The summed E-state index contributed by atoms with van der Waals surface area (Å²) in [5.74, 6) is 1.17. The maximum absolute atomic E-state index is 12.1. The number of nitrogens with zero attached hydrogens (tertiary/aromatic N) is 2. The van der Waals surface area contributed by atoms with Gasteiger partial charge in [0.1, 0.15) is 5.82 Å². The van der Waals surface area contributed by atoms with Crippen molar-refractivity contribution in [3.8, 4) is 0 Å². The number of aryl methyl sites for hydroxylation is 1. The van der Waals surface area contributed by atoms with Crippen molar-refractivity contribution in [3.05, 3.63) is 30.1 Å². The zero-order valence-corrected chi connectivity index (χ0v) is 14.2. The van der Waals surface area contributed by atoms with Gasteiger partial charge in [-0.2, -0.15) is 0 Å². The van der Waals surface area contributed by atoms with Crippen LogP contribution >= 0.6 is 0 Å². The third kappa shape index (κ3) is 4.06. The van der Waals surface area contributed by atoms with Crippen LogP contribution < -0.4 is 5.32 Å². The van der Waals surface area contributed by atoms with Gasteiger partial charge in [0.05, 0.1) is 17.1 Å². The molecular formula is C18H26N4O2.